The number of halogens is 2. The van der Waals surface area contributed by atoms with Gasteiger partial charge in [0, 0.05) is 61.4 Å². The molecule has 2 fully saturated rings. The quantitative estimate of drug-likeness (QED) is 0.191. The average Bonchev–Trinajstić information content (AvgIpc) is 4.00. The molecule has 256 valence electrons. The second-order valence-electron chi connectivity index (χ2n) is 11.9. The minimum Gasteiger partial charge on any atom is -0.354 e. The van der Waals surface area contributed by atoms with Crippen molar-refractivity contribution in [2.75, 3.05) is 31.7 Å². The molecular formula is C42H33Br2NO4S2. The molecule has 2 aliphatic rings. The van der Waals surface area contributed by atoms with E-state index < -0.39 is 0 Å². The second kappa shape index (κ2) is 15.9. The normalized spacial score (nSPS) is 14.9. The molecule has 0 spiro atoms. The Bertz CT molecular complexity index is 2430. The lowest BCUT2D eigenvalue weighted by atomic mass is 10.1. The van der Waals surface area contributed by atoms with Crippen molar-refractivity contribution in [3.8, 4) is 0 Å². The molecule has 1 N–H and O–H groups in total. The van der Waals surface area contributed by atoms with Gasteiger partial charge in [-0.25, -0.2) is 0 Å². The first-order chi connectivity index (χ1) is 25.1. The van der Waals surface area contributed by atoms with Crippen LogP contribution in [0.4, 0.5) is 11.4 Å². The lowest BCUT2D eigenvalue weighted by Crippen LogP contribution is -1.99. The predicted molar refractivity (Wildman–Crippen MR) is 220 cm³/mol. The Morgan fingerprint density at radius 3 is 1.65 bits per heavy atom. The minimum absolute atomic E-state index is 0.164. The highest BCUT2D eigenvalue weighted by Crippen LogP contribution is 2.40. The van der Waals surface area contributed by atoms with Crippen LogP contribution in [-0.2, 0) is 18.9 Å². The van der Waals surface area contributed by atoms with Gasteiger partial charge in [0.25, 0.3) is 0 Å². The number of ether oxygens (including phenoxy) is 4. The van der Waals surface area contributed by atoms with Gasteiger partial charge in [-0.15, -0.1) is 22.7 Å². The van der Waals surface area contributed by atoms with Crippen molar-refractivity contribution in [1.82, 2.24) is 0 Å². The summed E-state index contributed by atoms with van der Waals surface area (Å²) in [4.78, 5) is 0. The standard InChI is InChI=1S/C21H17NO2S.C12H7BrS.C9H9BrO2/c1-2-10-19-16(7-1)17-8-4-9-18(20(17)25-19)22-15-6-3-5-14(13-15)21-23-11-12-24-21;13-10-6-3-5-9-8-4-1-2-7-11(8)14-12(9)10;10-8-3-1-2-7(6-8)9-11-4-5-12-9/h1-10,13,21-22H,11-12H2;1-7H;1-3,6,9H,4-5H2. The van der Waals surface area contributed by atoms with E-state index in [1.54, 1.807) is 0 Å². The van der Waals surface area contributed by atoms with Crippen molar-refractivity contribution in [2.45, 2.75) is 12.6 Å². The number of thiophene rings is 2. The van der Waals surface area contributed by atoms with Gasteiger partial charge in [-0.2, -0.15) is 0 Å². The summed E-state index contributed by atoms with van der Waals surface area (Å²) in [6, 6.07) is 46.1. The summed E-state index contributed by atoms with van der Waals surface area (Å²) < 4.78 is 29.5. The molecule has 0 unspecified atom stereocenters. The molecule has 0 radical (unpaired) electrons. The Labute approximate surface area is 321 Å². The number of rotatable bonds is 4. The maximum atomic E-state index is 5.61. The third-order valence-electron chi connectivity index (χ3n) is 8.56. The van der Waals surface area contributed by atoms with Crippen LogP contribution < -0.4 is 5.32 Å². The largest absolute Gasteiger partial charge is 0.354 e. The Kier molecular flexibility index (Phi) is 10.8. The first-order valence-corrected chi connectivity index (χ1v) is 19.9. The zero-order valence-electron chi connectivity index (χ0n) is 27.4. The van der Waals surface area contributed by atoms with E-state index in [1.807, 2.05) is 59.1 Å². The van der Waals surface area contributed by atoms with Gasteiger partial charge in [-0.05, 0) is 64.5 Å². The zero-order valence-corrected chi connectivity index (χ0v) is 32.2. The van der Waals surface area contributed by atoms with E-state index in [1.165, 1.54) is 44.8 Å². The fourth-order valence-electron chi connectivity index (χ4n) is 6.23. The number of anilines is 2. The first-order valence-electron chi connectivity index (χ1n) is 16.7. The van der Waals surface area contributed by atoms with Crippen molar-refractivity contribution >= 4 is 106 Å². The van der Waals surface area contributed by atoms with Crippen molar-refractivity contribution < 1.29 is 18.9 Å². The van der Waals surface area contributed by atoms with Gasteiger partial charge in [0.2, 0.25) is 0 Å². The average molecular weight is 840 g/mol. The van der Waals surface area contributed by atoms with Gasteiger partial charge in [-0.3, -0.25) is 0 Å². The third kappa shape index (κ3) is 7.77. The SMILES string of the molecule is Brc1cccc(C2OCCO2)c1.Brc1cccc2c1sc1ccccc12.c1cc(Nc2cccc3c2sc2ccccc23)cc(C2OCCO2)c1. The fourth-order valence-corrected chi connectivity index (χ4v) is 9.54. The molecule has 4 heterocycles. The van der Waals surface area contributed by atoms with Crippen LogP contribution in [-0.4, -0.2) is 26.4 Å². The molecular weight excluding hydrogens is 806 g/mol. The van der Waals surface area contributed by atoms with E-state index >= 15 is 0 Å². The Balaban J connectivity index is 0.000000121. The molecule has 10 rings (SSSR count). The van der Waals surface area contributed by atoms with Crippen LogP contribution in [0.3, 0.4) is 0 Å². The van der Waals surface area contributed by atoms with Crippen LogP contribution in [0.5, 0.6) is 0 Å². The van der Waals surface area contributed by atoms with Gasteiger partial charge >= 0.3 is 0 Å². The number of nitrogens with one attached hydrogen (secondary N) is 1. The predicted octanol–water partition coefficient (Wildman–Crippen LogP) is 13.2. The highest BCUT2D eigenvalue weighted by Gasteiger charge is 2.19. The van der Waals surface area contributed by atoms with Crippen LogP contribution in [0.15, 0.2) is 142 Å². The van der Waals surface area contributed by atoms with E-state index in [-0.39, 0.29) is 12.6 Å². The molecule has 0 saturated carbocycles. The summed E-state index contributed by atoms with van der Waals surface area (Å²) >= 11 is 10.7. The van der Waals surface area contributed by atoms with Crippen LogP contribution >= 0.6 is 54.5 Å². The highest BCUT2D eigenvalue weighted by atomic mass is 79.9. The van der Waals surface area contributed by atoms with Crippen LogP contribution in [0, 0.1) is 0 Å². The molecule has 0 atom stereocenters. The minimum atomic E-state index is -0.248. The molecule has 0 bridgehead atoms. The molecule has 51 heavy (non-hydrogen) atoms. The lowest BCUT2D eigenvalue weighted by Gasteiger charge is -2.12. The van der Waals surface area contributed by atoms with Crippen molar-refractivity contribution in [3.63, 3.8) is 0 Å². The summed E-state index contributed by atoms with van der Waals surface area (Å²) in [5.41, 5.74) is 4.29. The van der Waals surface area contributed by atoms with Crippen LogP contribution in [0.1, 0.15) is 23.7 Å². The van der Waals surface area contributed by atoms with Crippen molar-refractivity contribution in [3.05, 3.63) is 154 Å². The Morgan fingerprint density at radius 1 is 0.490 bits per heavy atom. The smallest absolute Gasteiger partial charge is 0.184 e. The van der Waals surface area contributed by atoms with E-state index in [9.17, 15) is 0 Å². The molecule has 0 aliphatic carbocycles. The van der Waals surface area contributed by atoms with E-state index in [2.05, 4.69) is 134 Å². The Hall–Kier alpha value is -3.64. The fraction of sp³-hybridized carbons (Fsp3) is 0.143. The lowest BCUT2D eigenvalue weighted by molar-refractivity contribution is -0.0443. The van der Waals surface area contributed by atoms with E-state index in [0.717, 1.165) is 27.0 Å². The van der Waals surface area contributed by atoms with Crippen molar-refractivity contribution in [1.29, 1.82) is 0 Å². The molecule has 0 amide bonds. The highest BCUT2D eigenvalue weighted by molar-refractivity contribution is 9.11. The summed E-state index contributed by atoms with van der Waals surface area (Å²) in [5, 5.41) is 8.88. The molecule has 2 aliphatic heterocycles. The summed E-state index contributed by atoms with van der Waals surface area (Å²) in [6.07, 6.45) is -0.413. The molecule has 6 aromatic carbocycles. The maximum Gasteiger partial charge on any atom is 0.184 e. The van der Waals surface area contributed by atoms with Crippen molar-refractivity contribution in [2.24, 2.45) is 0 Å². The van der Waals surface area contributed by atoms with Gasteiger partial charge < -0.3 is 24.3 Å². The summed E-state index contributed by atoms with van der Waals surface area (Å²) in [5.74, 6) is 0. The number of benzene rings is 6. The van der Waals surface area contributed by atoms with Gasteiger partial charge in [0.1, 0.15) is 0 Å². The second-order valence-corrected chi connectivity index (χ2v) is 15.8. The molecule has 5 nitrogen and oxygen atoms in total. The third-order valence-corrected chi connectivity index (χ3v) is 12.4. The number of hydrogen-bond acceptors (Lipinski definition) is 7. The van der Waals surface area contributed by atoms with Crippen LogP contribution in [0.2, 0.25) is 0 Å². The molecule has 9 heteroatoms. The van der Waals surface area contributed by atoms with Gasteiger partial charge in [0.15, 0.2) is 12.6 Å². The number of fused-ring (bicyclic) bond motifs is 6. The maximum absolute atomic E-state index is 5.61. The van der Waals surface area contributed by atoms with E-state index in [4.69, 9.17) is 18.9 Å². The summed E-state index contributed by atoms with van der Waals surface area (Å²) in [6.45, 7) is 2.70. The topological polar surface area (TPSA) is 49.0 Å². The summed E-state index contributed by atoms with van der Waals surface area (Å²) in [7, 11) is 0. The number of hydrogen-bond donors (Lipinski definition) is 1. The monoisotopic (exact) mass is 837 g/mol. The molecule has 2 saturated heterocycles. The van der Waals surface area contributed by atoms with Gasteiger partial charge in [0.05, 0.1) is 36.8 Å². The van der Waals surface area contributed by atoms with Crippen LogP contribution in [0.25, 0.3) is 40.3 Å². The first kappa shape index (κ1) is 34.4. The Morgan fingerprint density at radius 2 is 1.00 bits per heavy atom. The van der Waals surface area contributed by atoms with E-state index in [0.29, 0.717) is 26.4 Å². The van der Waals surface area contributed by atoms with Gasteiger partial charge in [-0.1, -0.05) is 101 Å². The molecule has 8 aromatic rings. The zero-order chi connectivity index (χ0) is 34.6. The molecule has 2 aromatic heterocycles.